The molecule has 3 aliphatic heterocycles. The summed E-state index contributed by atoms with van der Waals surface area (Å²) in [5, 5.41) is 4.78. The standard InChI is InChI=1S/C27H31N7O2/c1-33-10-2-3-20(33)15-35-27-31-22-11-16(17-5-9-24-23(12-17)30-26(28)36-24)4-8-21(22)25(32-27)34-13-18-6-7-19(14-34)29-18/h4-5,8-9,11-12,18-20,29H,2-3,6-7,10,13-15H2,1H3,(H2,28,30)/t18-,19+,20-/m0/s1. The molecule has 0 amide bonds. The van der Waals surface area contributed by atoms with Crippen LogP contribution in [0, 0.1) is 0 Å². The maximum atomic E-state index is 6.23. The van der Waals surface area contributed by atoms with Crippen molar-refractivity contribution in [2.45, 2.75) is 43.8 Å². The quantitative estimate of drug-likeness (QED) is 0.440. The lowest BCUT2D eigenvalue weighted by Gasteiger charge is -2.34. The van der Waals surface area contributed by atoms with Crippen molar-refractivity contribution >= 4 is 33.8 Å². The minimum Gasteiger partial charge on any atom is -0.462 e. The Hall–Kier alpha value is -3.43. The fraction of sp³-hybridized carbons (Fsp3) is 0.444. The molecule has 3 saturated heterocycles. The Balaban J connectivity index is 1.28. The molecular formula is C27H31N7O2. The third-order valence-corrected chi connectivity index (χ3v) is 7.99. The topological polar surface area (TPSA) is 106 Å². The van der Waals surface area contributed by atoms with E-state index < -0.39 is 0 Å². The molecule has 2 aromatic carbocycles. The first-order chi connectivity index (χ1) is 17.6. The summed E-state index contributed by atoms with van der Waals surface area (Å²) >= 11 is 0. The fourth-order valence-corrected chi connectivity index (χ4v) is 6.03. The molecule has 2 aromatic heterocycles. The van der Waals surface area contributed by atoms with E-state index in [0.29, 0.717) is 36.3 Å². The number of rotatable bonds is 5. The molecule has 3 atom stereocenters. The third-order valence-electron chi connectivity index (χ3n) is 7.99. The van der Waals surface area contributed by atoms with Crippen LogP contribution >= 0.6 is 0 Å². The van der Waals surface area contributed by atoms with Crippen LogP contribution < -0.4 is 20.7 Å². The Morgan fingerprint density at radius 3 is 2.56 bits per heavy atom. The molecule has 3 N–H and O–H groups in total. The second kappa shape index (κ2) is 8.60. The number of piperazine rings is 1. The number of nitrogens with zero attached hydrogens (tertiary/aromatic N) is 5. The summed E-state index contributed by atoms with van der Waals surface area (Å²) in [6.45, 7) is 3.64. The summed E-state index contributed by atoms with van der Waals surface area (Å²) in [6.07, 6.45) is 4.81. The Bertz CT molecular complexity index is 1420. The van der Waals surface area contributed by atoms with E-state index in [1.807, 2.05) is 18.2 Å². The lowest BCUT2D eigenvalue weighted by atomic mass is 10.0. The molecule has 4 aromatic rings. The smallest absolute Gasteiger partial charge is 0.319 e. The highest BCUT2D eigenvalue weighted by Gasteiger charge is 2.33. The SMILES string of the molecule is CN1CCC[C@H]1COc1nc(N2C[C@H]3CC[C@@H](C2)N3)c2ccc(-c3ccc4oc(N)nc4c3)cc2n1. The first-order valence-corrected chi connectivity index (χ1v) is 12.9. The van der Waals surface area contributed by atoms with Gasteiger partial charge in [-0.2, -0.15) is 15.0 Å². The highest BCUT2D eigenvalue weighted by Crippen LogP contribution is 2.34. The number of benzene rings is 2. The molecule has 186 valence electrons. The number of likely N-dealkylation sites (N-methyl/N-ethyl adjacent to an activating group) is 1. The summed E-state index contributed by atoms with van der Waals surface area (Å²) < 4.78 is 11.7. The van der Waals surface area contributed by atoms with Gasteiger partial charge in [-0.1, -0.05) is 12.1 Å². The molecule has 0 radical (unpaired) electrons. The van der Waals surface area contributed by atoms with Gasteiger partial charge in [-0.05, 0) is 74.7 Å². The van der Waals surface area contributed by atoms with E-state index in [2.05, 4.69) is 45.3 Å². The number of oxazole rings is 1. The van der Waals surface area contributed by atoms with Gasteiger partial charge in [0.05, 0.1) is 5.52 Å². The average Bonchev–Trinajstić information content (AvgIpc) is 3.57. The maximum Gasteiger partial charge on any atom is 0.319 e. The van der Waals surface area contributed by atoms with Crippen molar-refractivity contribution in [3.63, 3.8) is 0 Å². The first kappa shape index (κ1) is 21.8. The predicted octanol–water partition coefficient (Wildman–Crippen LogP) is 3.43. The number of hydrogen-bond donors (Lipinski definition) is 2. The van der Waals surface area contributed by atoms with Gasteiger partial charge in [-0.25, -0.2) is 0 Å². The molecule has 0 saturated carbocycles. The van der Waals surface area contributed by atoms with Gasteiger partial charge in [-0.15, -0.1) is 0 Å². The molecule has 0 spiro atoms. The molecule has 9 nitrogen and oxygen atoms in total. The first-order valence-electron chi connectivity index (χ1n) is 12.9. The largest absolute Gasteiger partial charge is 0.462 e. The van der Waals surface area contributed by atoms with Gasteiger partial charge in [0.2, 0.25) is 0 Å². The van der Waals surface area contributed by atoms with E-state index in [1.54, 1.807) is 0 Å². The van der Waals surface area contributed by atoms with Gasteiger partial charge >= 0.3 is 6.01 Å². The van der Waals surface area contributed by atoms with Crippen LogP contribution in [-0.4, -0.2) is 71.3 Å². The third kappa shape index (κ3) is 3.92. The lowest BCUT2D eigenvalue weighted by molar-refractivity contribution is 0.188. The van der Waals surface area contributed by atoms with Gasteiger partial charge < -0.3 is 30.0 Å². The number of anilines is 2. The molecule has 3 fully saturated rings. The molecule has 7 rings (SSSR count). The number of nitrogen functional groups attached to an aromatic ring is 1. The zero-order valence-electron chi connectivity index (χ0n) is 20.5. The zero-order valence-corrected chi connectivity index (χ0v) is 20.5. The zero-order chi connectivity index (χ0) is 24.2. The summed E-state index contributed by atoms with van der Waals surface area (Å²) in [6, 6.07) is 14.4. The van der Waals surface area contributed by atoms with Crippen LogP contribution in [0.3, 0.4) is 0 Å². The summed E-state index contributed by atoms with van der Waals surface area (Å²) in [4.78, 5) is 18.9. The molecule has 5 heterocycles. The van der Waals surface area contributed by atoms with Crippen molar-refractivity contribution in [3.05, 3.63) is 36.4 Å². The Morgan fingerprint density at radius 1 is 1.00 bits per heavy atom. The van der Waals surface area contributed by atoms with Crippen molar-refractivity contribution < 1.29 is 9.15 Å². The minimum atomic E-state index is 0.178. The fourth-order valence-electron chi connectivity index (χ4n) is 6.03. The van der Waals surface area contributed by atoms with Crippen LogP contribution in [0.5, 0.6) is 6.01 Å². The van der Waals surface area contributed by atoms with E-state index in [1.165, 1.54) is 19.3 Å². The number of likely N-dealkylation sites (tertiary alicyclic amines) is 1. The van der Waals surface area contributed by atoms with E-state index in [-0.39, 0.29) is 6.01 Å². The summed E-state index contributed by atoms with van der Waals surface area (Å²) in [7, 11) is 2.16. The van der Waals surface area contributed by atoms with Crippen molar-refractivity contribution in [2.75, 3.05) is 43.9 Å². The molecule has 36 heavy (non-hydrogen) atoms. The van der Waals surface area contributed by atoms with E-state index in [4.69, 9.17) is 24.9 Å². The monoisotopic (exact) mass is 485 g/mol. The Kier molecular flexibility index (Phi) is 5.21. The molecule has 3 aliphatic rings. The number of ether oxygens (including phenoxy) is 1. The minimum absolute atomic E-state index is 0.178. The number of aromatic nitrogens is 3. The Labute approximate surface area is 209 Å². The number of nitrogens with two attached hydrogens (primary N) is 1. The van der Waals surface area contributed by atoms with Crippen LogP contribution in [0.25, 0.3) is 33.1 Å². The van der Waals surface area contributed by atoms with Gasteiger partial charge in [0, 0.05) is 36.6 Å². The second-order valence-electron chi connectivity index (χ2n) is 10.4. The van der Waals surface area contributed by atoms with Gasteiger partial charge in [-0.3, -0.25) is 0 Å². The van der Waals surface area contributed by atoms with Gasteiger partial charge in [0.1, 0.15) is 17.9 Å². The lowest BCUT2D eigenvalue weighted by Crippen LogP contribution is -2.51. The van der Waals surface area contributed by atoms with Crippen molar-refractivity contribution in [3.8, 4) is 17.1 Å². The molecule has 0 unspecified atom stereocenters. The van der Waals surface area contributed by atoms with Gasteiger partial charge in [0.15, 0.2) is 5.58 Å². The maximum absolute atomic E-state index is 6.23. The van der Waals surface area contributed by atoms with Gasteiger partial charge in [0.25, 0.3) is 6.01 Å². The van der Waals surface area contributed by atoms with Crippen molar-refractivity contribution in [2.24, 2.45) is 0 Å². The second-order valence-corrected chi connectivity index (χ2v) is 10.4. The van der Waals surface area contributed by atoms with Crippen LogP contribution in [0.15, 0.2) is 40.8 Å². The van der Waals surface area contributed by atoms with Crippen LogP contribution in [-0.2, 0) is 0 Å². The van der Waals surface area contributed by atoms with Crippen LogP contribution in [0.2, 0.25) is 0 Å². The highest BCUT2D eigenvalue weighted by atomic mass is 16.5. The van der Waals surface area contributed by atoms with E-state index in [9.17, 15) is 0 Å². The predicted molar refractivity (Wildman–Crippen MR) is 140 cm³/mol. The molecule has 0 aliphatic carbocycles. The van der Waals surface area contributed by atoms with Crippen molar-refractivity contribution in [1.82, 2.24) is 25.2 Å². The van der Waals surface area contributed by atoms with Crippen molar-refractivity contribution in [1.29, 1.82) is 0 Å². The number of nitrogens with one attached hydrogen (secondary N) is 1. The number of fused-ring (bicyclic) bond motifs is 4. The highest BCUT2D eigenvalue weighted by molar-refractivity contribution is 5.93. The van der Waals surface area contributed by atoms with E-state index >= 15 is 0 Å². The van der Waals surface area contributed by atoms with Crippen LogP contribution in [0.4, 0.5) is 11.8 Å². The number of hydrogen-bond acceptors (Lipinski definition) is 9. The molecule has 9 heteroatoms. The normalized spacial score (nSPS) is 24.2. The van der Waals surface area contributed by atoms with E-state index in [0.717, 1.165) is 59.4 Å². The Morgan fingerprint density at radius 2 is 1.78 bits per heavy atom. The molecule has 2 bridgehead atoms. The summed E-state index contributed by atoms with van der Waals surface area (Å²) in [5.74, 6) is 0.972. The van der Waals surface area contributed by atoms with Crippen LogP contribution in [0.1, 0.15) is 25.7 Å². The average molecular weight is 486 g/mol. The summed E-state index contributed by atoms with van der Waals surface area (Å²) in [5.41, 5.74) is 10.1. The molecular weight excluding hydrogens is 454 g/mol.